The molecule has 160 valence electrons. The van der Waals surface area contributed by atoms with E-state index in [0.29, 0.717) is 11.3 Å². The van der Waals surface area contributed by atoms with Gasteiger partial charge < -0.3 is 9.47 Å². The topological polar surface area (TPSA) is 94.6 Å². The molecule has 2 amide bonds. The molecule has 0 spiro atoms. The first-order chi connectivity index (χ1) is 15.0. The summed E-state index contributed by atoms with van der Waals surface area (Å²) in [5, 5.41) is 5.23. The molecule has 0 saturated carbocycles. The van der Waals surface area contributed by atoms with Crippen LogP contribution in [-0.2, 0) is 15.3 Å². The molecule has 1 aromatic heterocycles. The Morgan fingerprint density at radius 1 is 1.10 bits per heavy atom. The third-order valence-corrected chi connectivity index (χ3v) is 5.95. The molecule has 3 rings (SSSR count). The summed E-state index contributed by atoms with van der Waals surface area (Å²) in [4.78, 5) is 41.8. The fraction of sp³-hybridized carbons (Fsp3) is 0.182. The van der Waals surface area contributed by atoms with E-state index in [0.717, 1.165) is 21.3 Å². The molecule has 0 atom stereocenters. The van der Waals surface area contributed by atoms with Gasteiger partial charge in [0.2, 0.25) is 0 Å². The van der Waals surface area contributed by atoms with Crippen LogP contribution in [0.2, 0.25) is 0 Å². The Hall–Kier alpha value is -3.17. The number of aryl methyl sites for hydroxylation is 1. The summed E-state index contributed by atoms with van der Waals surface area (Å²) in [6.45, 7) is 1.40. The number of esters is 1. The first-order valence-electron chi connectivity index (χ1n) is 9.24. The van der Waals surface area contributed by atoms with Gasteiger partial charge in [-0.2, -0.15) is 0 Å². The largest absolute Gasteiger partial charge is 0.496 e. The number of methoxy groups -OCH3 is 1. The summed E-state index contributed by atoms with van der Waals surface area (Å²) in [6.07, 6.45) is 0. The normalized spacial score (nSPS) is 10.4. The highest BCUT2D eigenvalue weighted by atomic mass is 32.2. The molecule has 3 aromatic rings. The van der Waals surface area contributed by atoms with Crippen LogP contribution in [0.3, 0.4) is 0 Å². The van der Waals surface area contributed by atoms with Crippen molar-refractivity contribution in [2.75, 3.05) is 13.7 Å². The van der Waals surface area contributed by atoms with Crippen molar-refractivity contribution in [3.8, 4) is 5.75 Å². The Kier molecular flexibility index (Phi) is 7.80. The molecule has 31 heavy (non-hydrogen) atoms. The third kappa shape index (κ3) is 6.40. The predicted molar refractivity (Wildman–Crippen MR) is 119 cm³/mol. The van der Waals surface area contributed by atoms with Gasteiger partial charge in [-0.25, -0.2) is 9.78 Å². The first-order valence-corrected chi connectivity index (χ1v) is 11.1. The van der Waals surface area contributed by atoms with E-state index < -0.39 is 24.4 Å². The van der Waals surface area contributed by atoms with Crippen molar-refractivity contribution in [1.29, 1.82) is 0 Å². The van der Waals surface area contributed by atoms with Gasteiger partial charge in [0.1, 0.15) is 5.75 Å². The van der Waals surface area contributed by atoms with E-state index in [1.807, 2.05) is 24.4 Å². The predicted octanol–water partition coefficient (Wildman–Crippen LogP) is 3.87. The molecule has 0 radical (unpaired) electrons. The van der Waals surface area contributed by atoms with Crippen LogP contribution in [-0.4, -0.2) is 36.5 Å². The van der Waals surface area contributed by atoms with Crippen LogP contribution in [0, 0.1) is 6.92 Å². The number of para-hydroxylation sites is 1. The van der Waals surface area contributed by atoms with E-state index in [1.165, 1.54) is 13.2 Å². The van der Waals surface area contributed by atoms with Crippen molar-refractivity contribution in [3.63, 3.8) is 0 Å². The zero-order chi connectivity index (χ0) is 22.2. The van der Waals surface area contributed by atoms with Crippen LogP contribution >= 0.6 is 23.1 Å². The van der Waals surface area contributed by atoms with Crippen molar-refractivity contribution in [3.05, 3.63) is 75.7 Å². The maximum Gasteiger partial charge on any atom is 0.338 e. The van der Waals surface area contributed by atoms with Crippen molar-refractivity contribution in [2.45, 2.75) is 17.6 Å². The van der Waals surface area contributed by atoms with E-state index in [1.54, 1.807) is 53.4 Å². The van der Waals surface area contributed by atoms with Crippen LogP contribution in [0.5, 0.6) is 5.75 Å². The van der Waals surface area contributed by atoms with Gasteiger partial charge in [0.15, 0.2) is 6.61 Å². The van der Waals surface area contributed by atoms with Gasteiger partial charge >= 0.3 is 5.97 Å². The van der Waals surface area contributed by atoms with E-state index >= 15 is 0 Å². The van der Waals surface area contributed by atoms with Gasteiger partial charge in [0, 0.05) is 16.0 Å². The van der Waals surface area contributed by atoms with Gasteiger partial charge in [0.25, 0.3) is 11.8 Å². The average molecular weight is 457 g/mol. The number of ether oxygens (including phenoxy) is 2. The molecular weight excluding hydrogens is 436 g/mol. The van der Waals surface area contributed by atoms with Gasteiger partial charge in [-0.3, -0.25) is 14.9 Å². The molecule has 0 saturated heterocycles. The van der Waals surface area contributed by atoms with E-state index in [-0.39, 0.29) is 5.56 Å². The van der Waals surface area contributed by atoms with Crippen LogP contribution in [0.15, 0.2) is 58.8 Å². The Morgan fingerprint density at radius 2 is 1.84 bits per heavy atom. The van der Waals surface area contributed by atoms with Crippen LogP contribution in [0.1, 0.15) is 31.4 Å². The maximum absolute atomic E-state index is 12.2. The Labute approximate surface area is 187 Å². The number of carbonyl (C=O) groups excluding carboxylic acids is 3. The number of thioether (sulfide) groups is 1. The van der Waals surface area contributed by atoms with E-state index in [4.69, 9.17) is 9.47 Å². The number of imide groups is 1. The molecule has 9 heteroatoms. The SMILES string of the molecule is COc1ccccc1C(=O)NC(=O)COC(=O)c1ccc(SCc2csc(C)n2)cc1. The molecule has 2 aromatic carbocycles. The van der Waals surface area contributed by atoms with Gasteiger partial charge in [-0.05, 0) is 43.3 Å². The minimum absolute atomic E-state index is 0.213. The van der Waals surface area contributed by atoms with Crippen molar-refractivity contribution >= 4 is 40.9 Å². The number of aromatic nitrogens is 1. The van der Waals surface area contributed by atoms with Crippen LogP contribution < -0.4 is 10.1 Å². The van der Waals surface area contributed by atoms with Crippen LogP contribution in [0.25, 0.3) is 0 Å². The lowest BCUT2D eigenvalue weighted by molar-refractivity contribution is -0.123. The van der Waals surface area contributed by atoms with Gasteiger partial charge in [-0.15, -0.1) is 23.1 Å². The first kappa shape index (κ1) is 22.5. The average Bonchev–Trinajstić information content (AvgIpc) is 3.21. The molecule has 0 bridgehead atoms. The van der Waals surface area contributed by atoms with E-state index in [2.05, 4.69) is 10.3 Å². The zero-order valence-electron chi connectivity index (χ0n) is 16.9. The lowest BCUT2D eigenvalue weighted by Gasteiger charge is -2.09. The number of amides is 2. The molecule has 0 aliphatic carbocycles. The fourth-order valence-corrected chi connectivity index (χ4v) is 4.10. The number of nitrogens with zero attached hydrogens (tertiary/aromatic N) is 1. The molecule has 0 aliphatic heterocycles. The highest BCUT2D eigenvalue weighted by molar-refractivity contribution is 7.98. The summed E-state index contributed by atoms with van der Waals surface area (Å²) in [5.41, 5.74) is 1.55. The second-order valence-electron chi connectivity index (χ2n) is 6.32. The Bertz CT molecular complexity index is 1080. The third-order valence-electron chi connectivity index (χ3n) is 4.08. The number of hydrogen-bond acceptors (Lipinski definition) is 8. The number of nitrogens with one attached hydrogen (secondary N) is 1. The summed E-state index contributed by atoms with van der Waals surface area (Å²) >= 11 is 3.23. The fourth-order valence-electron chi connectivity index (χ4n) is 2.60. The molecule has 0 aliphatic rings. The zero-order valence-corrected chi connectivity index (χ0v) is 18.5. The number of carbonyl (C=O) groups is 3. The summed E-state index contributed by atoms with van der Waals surface area (Å²) < 4.78 is 10.1. The molecular formula is C22H20N2O5S2. The second kappa shape index (κ2) is 10.7. The smallest absolute Gasteiger partial charge is 0.338 e. The standard InChI is InChI=1S/C22H20N2O5S2/c1-14-23-16(12-30-14)13-31-17-9-7-15(8-10-17)22(27)29-11-20(25)24-21(26)18-5-3-4-6-19(18)28-2/h3-10,12H,11,13H2,1-2H3,(H,24,25,26). The Morgan fingerprint density at radius 3 is 2.52 bits per heavy atom. The van der Waals surface area contributed by atoms with E-state index in [9.17, 15) is 14.4 Å². The molecule has 7 nitrogen and oxygen atoms in total. The highest BCUT2D eigenvalue weighted by Gasteiger charge is 2.16. The minimum atomic E-state index is -0.727. The lowest BCUT2D eigenvalue weighted by Crippen LogP contribution is -2.34. The summed E-state index contributed by atoms with van der Waals surface area (Å²) in [6, 6.07) is 13.4. The quantitative estimate of drug-likeness (QED) is 0.406. The lowest BCUT2D eigenvalue weighted by atomic mass is 10.2. The van der Waals surface area contributed by atoms with Gasteiger partial charge in [0.05, 0.1) is 28.9 Å². The monoisotopic (exact) mass is 456 g/mol. The number of thiazole rings is 1. The maximum atomic E-state index is 12.2. The number of hydrogen-bond donors (Lipinski definition) is 1. The van der Waals surface area contributed by atoms with Crippen LogP contribution in [0.4, 0.5) is 0 Å². The Balaban J connectivity index is 1.47. The second-order valence-corrected chi connectivity index (χ2v) is 8.44. The molecule has 0 unspecified atom stereocenters. The summed E-state index contributed by atoms with van der Waals surface area (Å²) in [7, 11) is 1.43. The van der Waals surface area contributed by atoms with Crippen molar-refractivity contribution in [1.82, 2.24) is 10.3 Å². The minimum Gasteiger partial charge on any atom is -0.496 e. The number of benzene rings is 2. The molecule has 1 heterocycles. The molecule has 1 N–H and O–H groups in total. The molecule has 0 fully saturated rings. The number of rotatable bonds is 8. The summed E-state index contributed by atoms with van der Waals surface area (Å²) in [5.74, 6) is -0.918. The van der Waals surface area contributed by atoms with Crippen molar-refractivity contribution < 1.29 is 23.9 Å². The van der Waals surface area contributed by atoms with Crippen molar-refractivity contribution in [2.24, 2.45) is 0 Å². The highest BCUT2D eigenvalue weighted by Crippen LogP contribution is 2.24. The van der Waals surface area contributed by atoms with Gasteiger partial charge in [-0.1, -0.05) is 12.1 Å².